The summed E-state index contributed by atoms with van der Waals surface area (Å²) in [7, 11) is 0. The van der Waals surface area contributed by atoms with Gasteiger partial charge in [-0.2, -0.15) is 0 Å². The van der Waals surface area contributed by atoms with Gasteiger partial charge in [-0.15, -0.1) is 11.3 Å². The first-order chi connectivity index (χ1) is 9.24. The summed E-state index contributed by atoms with van der Waals surface area (Å²) in [4.78, 5) is 17.6. The van der Waals surface area contributed by atoms with Crippen LogP contribution < -0.4 is 10.6 Å². The van der Waals surface area contributed by atoms with Gasteiger partial charge in [-0.25, -0.2) is 4.98 Å². The summed E-state index contributed by atoms with van der Waals surface area (Å²) in [6.45, 7) is 2.80. The number of nitrogens with zero attached hydrogens (tertiary/aromatic N) is 1. The third-order valence-electron chi connectivity index (χ3n) is 3.25. The molecule has 0 bridgehead atoms. The Morgan fingerprint density at radius 3 is 3.11 bits per heavy atom. The largest absolute Gasteiger partial charge is 0.385 e. The van der Waals surface area contributed by atoms with Gasteiger partial charge in [0.05, 0.1) is 5.92 Å². The number of nitrogens with one attached hydrogen (secondary N) is 2. The van der Waals surface area contributed by atoms with Crippen LogP contribution in [0.4, 0.5) is 10.8 Å². The minimum Gasteiger partial charge on any atom is -0.385 e. The third-order valence-corrected chi connectivity index (χ3v) is 4.08. The number of anilines is 2. The maximum Gasteiger partial charge on any atom is 0.233 e. The average molecular weight is 273 g/mol. The number of hydrogen-bond donors (Lipinski definition) is 2. The molecule has 0 aliphatic carbocycles. The van der Waals surface area contributed by atoms with Crippen molar-refractivity contribution in [1.82, 2.24) is 4.98 Å². The van der Waals surface area contributed by atoms with Crippen LogP contribution in [-0.2, 0) is 4.79 Å². The number of aryl methyl sites for hydroxylation is 1. The van der Waals surface area contributed by atoms with Crippen molar-refractivity contribution in [3.63, 3.8) is 0 Å². The van der Waals surface area contributed by atoms with Gasteiger partial charge < -0.3 is 10.6 Å². The Morgan fingerprint density at radius 1 is 1.47 bits per heavy atom. The molecule has 1 aromatic carbocycles. The average Bonchev–Trinajstić information content (AvgIpc) is 2.83. The number of fused-ring (bicyclic) bond motifs is 1. The summed E-state index contributed by atoms with van der Waals surface area (Å²) in [5, 5.41) is 6.92. The normalized spacial score (nSPS) is 17.4. The van der Waals surface area contributed by atoms with E-state index in [0.29, 0.717) is 5.13 Å². The lowest BCUT2D eigenvalue weighted by Crippen LogP contribution is -2.27. The molecule has 0 saturated carbocycles. The number of para-hydroxylation sites is 1. The van der Waals surface area contributed by atoms with Crippen LogP contribution in [0.25, 0.3) is 0 Å². The van der Waals surface area contributed by atoms with Crippen LogP contribution in [0.3, 0.4) is 0 Å². The van der Waals surface area contributed by atoms with Crippen LogP contribution in [-0.4, -0.2) is 17.4 Å². The number of rotatable bonds is 2. The Bertz CT molecular complexity index is 608. The summed E-state index contributed by atoms with van der Waals surface area (Å²) in [5.41, 5.74) is 2.13. The van der Waals surface area contributed by atoms with E-state index in [0.717, 1.165) is 29.1 Å². The monoisotopic (exact) mass is 273 g/mol. The molecule has 0 radical (unpaired) electrons. The molecule has 4 nitrogen and oxygen atoms in total. The van der Waals surface area contributed by atoms with Crippen molar-refractivity contribution < 1.29 is 4.79 Å². The zero-order chi connectivity index (χ0) is 13.2. The SMILES string of the molecule is Cc1cnc(NC(=O)C2CCNc3ccccc32)s1. The molecule has 1 aliphatic heterocycles. The number of thiazole rings is 1. The maximum atomic E-state index is 12.4. The number of carbonyl (C=O) groups is 1. The minimum absolute atomic E-state index is 0.0308. The van der Waals surface area contributed by atoms with Crippen LogP contribution in [0, 0.1) is 6.92 Å². The van der Waals surface area contributed by atoms with E-state index < -0.39 is 0 Å². The van der Waals surface area contributed by atoms with Gasteiger partial charge in [0, 0.05) is 23.3 Å². The van der Waals surface area contributed by atoms with Gasteiger partial charge in [0.1, 0.15) is 0 Å². The molecule has 98 valence electrons. The Labute approximate surface area is 115 Å². The number of aromatic nitrogens is 1. The molecular weight excluding hydrogens is 258 g/mol. The highest BCUT2D eigenvalue weighted by molar-refractivity contribution is 7.15. The van der Waals surface area contributed by atoms with E-state index in [4.69, 9.17) is 0 Å². The van der Waals surface area contributed by atoms with Gasteiger partial charge in [0.25, 0.3) is 0 Å². The molecular formula is C14H15N3OS. The third kappa shape index (κ3) is 2.46. The van der Waals surface area contributed by atoms with Crippen LogP contribution in [0.2, 0.25) is 0 Å². The van der Waals surface area contributed by atoms with Crippen molar-refractivity contribution in [3.05, 3.63) is 40.9 Å². The Hall–Kier alpha value is -1.88. The van der Waals surface area contributed by atoms with Crippen molar-refractivity contribution >= 4 is 28.1 Å². The van der Waals surface area contributed by atoms with Crippen molar-refractivity contribution in [2.24, 2.45) is 0 Å². The number of amides is 1. The predicted molar refractivity (Wildman–Crippen MR) is 77.8 cm³/mol. The Balaban J connectivity index is 1.81. The Kier molecular flexibility index (Phi) is 3.21. The molecule has 2 aromatic rings. The summed E-state index contributed by atoms with van der Waals surface area (Å²) in [6, 6.07) is 7.98. The second kappa shape index (κ2) is 5.01. The zero-order valence-corrected chi connectivity index (χ0v) is 11.5. The molecule has 1 unspecified atom stereocenters. The van der Waals surface area contributed by atoms with Crippen molar-refractivity contribution in [3.8, 4) is 0 Å². The van der Waals surface area contributed by atoms with E-state index in [1.165, 1.54) is 11.3 Å². The molecule has 0 spiro atoms. The molecule has 3 rings (SSSR count). The smallest absolute Gasteiger partial charge is 0.233 e. The van der Waals surface area contributed by atoms with Crippen LogP contribution in [0.15, 0.2) is 30.5 Å². The van der Waals surface area contributed by atoms with E-state index in [2.05, 4.69) is 15.6 Å². The fraction of sp³-hybridized carbons (Fsp3) is 0.286. The topological polar surface area (TPSA) is 54.0 Å². The highest BCUT2D eigenvalue weighted by Gasteiger charge is 2.26. The predicted octanol–water partition coefficient (Wildman–Crippen LogP) is 2.99. The number of hydrogen-bond acceptors (Lipinski definition) is 4. The quantitative estimate of drug-likeness (QED) is 0.884. The summed E-state index contributed by atoms with van der Waals surface area (Å²) < 4.78 is 0. The van der Waals surface area contributed by atoms with Crippen LogP contribution in [0.1, 0.15) is 22.8 Å². The first-order valence-corrected chi connectivity index (χ1v) is 7.12. The highest BCUT2D eigenvalue weighted by Crippen LogP contribution is 2.32. The maximum absolute atomic E-state index is 12.4. The van der Waals surface area contributed by atoms with E-state index in [-0.39, 0.29) is 11.8 Å². The van der Waals surface area contributed by atoms with E-state index in [9.17, 15) is 4.79 Å². The minimum atomic E-state index is -0.0957. The fourth-order valence-electron chi connectivity index (χ4n) is 2.35. The lowest BCUT2D eigenvalue weighted by Gasteiger charge is -2.25. The van der Waals surface area contributed by atoms with Gasteiger partial charge in [-0.3, -0.25) is 4.79 Å². The Morgan fingerprint density at radius 2 is 2.32 bits per heavy atom. The van der Waals surface area contributed by atoms with E-state index >= 15 is 0 Å². The lowest BCUT2D eigenvalue weighted by atomic mass is 9.90. The second-order valence-electron chi connectivity index (χ2n) is 4.62. The van der Waals surface area contributed by atoms with Crippen LogP contribution in [0.5, 0.6) is 0 Å². The zero-order valence-electron chi connectivity index (χ0n) is 10.6. The first kappa shape index (κ1) is 12.2. The van der Waals surface area contributed by atoms with Crippen LogP contribution >= 0.6 is 11.3 Å². The molecule has 5 heteroatoms. The standard InChI is InChI=1S/C14H15N3OS/c1-9-8-16-14(19-9)17-13(18)11-6-7-15-12-5-3-2-4-10(11)12/h2-5,8,11,15H,6-7H2,1H3,(H,16,17,18). The molecule has 2 N–H and O–H groups in total. The fourth-order valence-corrected chi connectivity index (χ4v) is 3.01. The molecule has 2 heterocycles. The van der Waals surface area contributed by atoms with Gasteiger partial charge in [0.2, 0.25) is 5.91 Å². The van der Waals surface area contributed by atoms with Gasteiger partial charge in [-0.05, 0) is 25.0 Å². The molecule has 0 fully saturated rings. The second-order valence-corrected chi connectivity index (χ2v) is 5.86. The van der Waals surface area contributed by atoms with Gasteiger partial charge >= 0.3 is 0 Å². The molecule has 1 aromatic heterocycles. The van der Waals surface area contributed by atoms with Crippen molar-refractivity contribution in [1.29, 1.82) is 0 Å². The number of carbonyl (C=O) groups excluding carboxylic acids is 1. The van der Waals surface area contributed by atoms with Crippen molar-refractivity contribution in [2.75, 3.05) is 17.2 Å². The molecule has 1 aliphatic rings. The van der Waals surface area contributed by atoms with Crippen molar-refractivity contribution in [2.45, 2.75) is 19.3 Å². The molecule has 1 amide bonds. The number of benzene rings is 1. The molecule has 0 saturated heterocycles. The van der Waals surface area contributed by atoms with E-state index in [1.807, 2.05) is 31.2 Å². The summed E-state index contributed by atoms with van der Waals surface area (Å²) in [5.74, 6) is -0.0649. The lowest BCUT2D eigenvalue weighted by molar-refractivity contribution is -0.117. The summed E-state index contributed by atoms with van der Waals surface area (Å²) >= 11 is 1.50. The van der Waals surface area contributed by atoms with Gasteiger partial charge in [0.15, 0.2) is 5.13 Å². The highest BCUT2D eigenvalue weighted by atomic mass is 32.1. The van der Waals surface area contributed by atoms with E-state index in [1.54, 1.807) is 6.20 Å². The molecule has 1 atom stereocenters. The first-order valence-electron chi connectivity index (χ1n) is 6.30. The summed E-state index contributed by atoms with van der Waals surface area (Å²) in [6.07, 6.45) is 2.59. The van der Waals surface area contributed by atoms with Gasteiger partial charge in [-0.1, -0.05) is 18.2 Å². The molecule has 19 heavy (non-hydrogen) atoms.